The number of nitrogens with one attached hydrogen (secondary N) is 1. The Morgan fingerprint density at radius 2 is 1.81 bits per heavy atom. The second-order valence-electron chi connectivity index (χ2n) is 9.15. The number of carbonyl (C=O) groups excluding carboxylic acids is 1. The maximum absolute atomic E-state index is 13.5. The van der Waals surface area contributed by atoms with Crippen molar-refractivity contribution in [1.29, 1.82) is 0 Å². The van der Waals surface area contributed by atoms with Crippen molar-refractivity contribution in [3.05, 3.63) is 80.4 Å². The van der Waals surface area contributed by atoms with Gasteiger partial charge in [0, 0.05) is 12.7 Å². The van der Waals surface area contributed by atoms with Crippen LogP contribution in [0.1, 0.15) is 62.1 Å². The summed E-state index contributed by atoms with van der Waals surface area (Å²) in [6.45, 7) is 5.04. The first-order chi connectivity index (χ1) is 17.9. The molecule has 1 saturated heterocycles. The number of pyridine rings is 1. The molecule has 0 unspecified atom stereocenters. The third kappa shape index (κ3) is 6.45. The normalized spacial score (nSPS) is 14.8. The zero-order valence-corrected chi connectivity index (χ0v) is 22.8. The molecule has 37 heavy (non-hydrogen) atoms. The molecule has 1 N–H and O–H groups in total. The van der Waals surface area contributed by atoms with E-state index >= 15 is 0 Å². The topological polar surface area (TPSA) is 66.7 Å². The van der Waals surface area contributed by atoms with Gasteiger partial charge in [-0.25, -0.2) is 9.37 Å². The molecule has 0 spiro atoms. The molecule has 1 aromatic carbocycles. The molecule has 4 rings (SSSR count). The lowest BCUT2D eigenvalue weighted by atomic mass is 10.1. The molecule has 1 aliphatic rings. The number of carbonyl (C=O) groups is 1. The van der Waals surface area contributed by atoms with Crippen LogP contribution >= 0.6 is 24.0 Å². The number of aromatic nitrogens is 2. The maximum Gasteiger partial charge on any atom is 0.267 e. The first-order valence-electron chi connectivity index (χ1n) is 12.6. The van der Waals surface area contributed by atoms with Gasteiger partial charge in [-0.2, -0.15) is 0 Å². The van der Waals surface area contributed by atoms with E-state index in [-0.39, 0.29) is 23.8 Å². The van der Waals surface area contributed by atoms with Crippen LogP contribution in [-0.4, -0.2) is 31.1 Å². The van der Waals surface area contributed by atoms with Crippen LogP contribution in [0.3, 0.4) is 0 Å². The number of hydrogen-bond acceptors (Lipinski definition) is 6. The van der Waals surface area contributed by atoms with Gasteiger partial charge >= 0.3 is 0 Å². The van der Waals surface area contributed by atoms with Crippen LogP contribution < -0.4 is 10.9 Å². The summed E-state index contributed by atoms with van der Waals surface area (Å²) in [4.78, 5) is 33.4. The van der Waals surface area contributed by atoms with Gasteiger partial charge in [0.05, 0.1) is 17.0 Å². The lowest BCUT2D eigenvalue weighted by Gasteiger charge is -2.14. The molecule has 0 bridgehead atoms. The Balaban J connectivity index is 1.60. The van der Waals surface area contributed by atoms with Crippen LogP contribution in [0.25, 0.3) is 11.7 Å². The van der Waals surface area contributed by atoms with E-state index in [4.69, 9.17) is 17.2 Å². The Morgan fingerprint density at radius 3 is 2.57 bits per heavy atom. The van der Waals surface area contributed by atoms with E-state index < -0.39 is 0 Å². The number of anilines is 1. The fraction of sp³-hybridized carbons (Fsp3) is 0.357. The van der Waals surface area contributed by atoms with Crippen LogP contribution in [0.4, 0.5) is 10.2 Å². The van der Waals surface area contributed by atoms with Gasteiger partial charge in [-0.05, 0) is 48.7 Å². The molecule has 2 aromatic heterocycles. The van der Waals surface area contributed by atoms with Crippen molar-refractivity contribution < 1.29 is 9.18 Å². The number of rotatable bonds is 11. The lowest BCUT2D eigenvalue weighted by Crippen LogP contribution is -2.27. The lowest BCUT2D eigenvalue weighted by molar-refractivity contribution is -0.122. The highest BCUT2D eigenvalue weighted by atomic mass is 32.2. The highest BCUT2D eigenvalue weighted by Crippen LogP contribution is 2.34. The van der Waals surface area contributed by atoms with Crippen molar-refractivity contribution in [2.75, 3.05) is 11.9 Å². The number of benzene rings is 1. The first-order valence-corrected chi connectivity index (χ1v) is 13.9. The van der Waals surface area contributed by atoms with Gasteiger partial charge in [0.2, 0.25) is 0 Å². The minimum Gasteiger partial charge on any atom is -0.369 e. The largest absolute Gasteiger partial charge is 0.369 e. The van der Waals surface area contributed by atoms with E-state index in [1.165, 1.54) is 47.1 Å². The summed E-state index contributed by atoms with van der Waals surface area (Å²) in [6, 6.07) is 9.69. The van der Waals surface area contributed by atoms with E-state index in [0.29, 0.717) is 32.8 Å². The Hall–Kier alpha value is -3.04. The highest BCUT2D eigenvalue weighted by Gasteiger charge is 2.32. The van der Waals surface area contributed by atoms with E-state index in [1.807, 2.05) is 13.0 Å². The van der Waals surface area contributed by atoms with Crippen LogP contribution in [0.2, 0.25) is 0 Å². The monoisotopic (exact) mass is 538 g/mol. The SMILES string of the molecule is CCCCCCCCNc1nc2c(C)cccn2c(=O)c1/C=C1\SC(=S)N(Cc2ccc(F)cc2)C1=O. The molecule has 194 valence electrons. The molecule has 3 heterocycles. The number of nitrogens with zero attached hydrogens (tertiary/aromatic N) is 3. The van der Waals surface area contributed by atoms with Gasteiger partial charge in [0.1, 0.15) is 21.6 Å². The number of amides is 1. The van der Waals surface area contributed by atoms with Crippen molar-refractivity contribution in [2.45, 2.75) is 58.9 Å². The molecule has 0 aliphatic carbocycles. The molecule has 1 fully saturated rings. The van der Waals surface area contributed by atoms with Gasteiger partial charge in [-0.1, -0.05) is 81.2 Å². The number of halogens is 1. The molecular formula is C28H31FN4O2S2. The number of thiocarbonyl (C=S) groups is 1. The maximum atomic E-state index is 13.5. The summed E-state index contributed by atoms with van der Waals surface area (Å²) in [7, 11) is 0. The number of hydrogen-bond donors (Lipinski definition) is 1. The summed E-state index contributed by atoms with van der Waals surface area (Å²) in [5.41, 5.74) is 2.32. The number of unbranched alkanes of at least 4 members (excludes halogenated alkanes) is 5. The zero-order chi connectivity index (χ0) is 26.4. The van der Waals surface area contributed by atoms with Crippen LogP contribution in [-0.2, 0) is 11.3 Å². The quantitative estimate of drug-likeness (QED) is 0.175. The molecule has 3 aromatic rings. The third-order valence-electron chi connectivity index (χ3n) is 6.31. The van der Waals surface area contributed by atoms with E-state index in [1.54, 1.807) is 30.5 Å². The Labute approximate surface area is 226 Å². The molecular weight excluding hydrogens is 507 g/mol. The van der Waals surface area contributed by atoms with Gasteiger partial charge in [-0.3, -0.25) is 18.9 Å². The second-order valence-corrected chi connectivity index (χ2v) is 10.8. The molecule has 0 atom stereocenters. The van der Waals surface area contributed by atoms with Gasteiger partial charge < -0.3 is 5.32 Å². The smallest absolute Gasteiger partial charge is 0.267 e. The van der Waals surface area contributed by atoms with Crippen molar-refractivity contribution in [1.82, 2.24) is 14.3 Å². The molecule has 1 aliphatic heterocycles. The minimum atomic E-state index is -0.338. The Morgan fingerprint density at radius 1 is 1.08 bits per heavy atom. The summed E-state index contributed by atoms with van der Waals surface area (Å²) < 4.78 is 15.2. The fourth-order valence-corrected chi connectivity index (χ4v) is 5.47. The minimum absolute atomic E-state index is 0.236. The van der Waals surface area contributed by atoms with E-state index in [0.717, 1.165) is 35.7 Å². The van der Waals surface area contributed by atoms with Gasteiger partial charge in [0.25, 0.3) is 11.5 Å². The second kappa shape index (κ2) is 12.5. The van der Waals surface area contributed by atoms with Crippen LogP contribution in [0.5, 0.6) is 0 Å². The van der Waals surface area contributed by atoms with Crippen molar-refractivity contribution >= 4 is 51.7 Å². The third-order valence-corrected chi connectivity index (χ3v) is 7.69. The summed E-state index contributed by atoms with van der Waals surface area (Å²) in [5, 5.41) is 3.35. The standard InChI is InChI=1S/C28H31FN4O2S2/c1-3-4-5-6-7-8-15-30-24-22(26(34)32-16-9-10-19(2)25(32)31-24)17-23-27(35)33(28(36)37-23)18-20-11-13-21(29)14-12-20/h9-14,16-17,30H,3-8,15,18H2,1-2H3/b23-17-. The van der Waals surface area contributed by atoms with Crippen LogP contribution in [0.15, 0.2) is 52.3 Å². The molecule has 9 heteroatoms. The number of fused-ring (bicyclic) bond motifs is 1. The summed E-state index contributed by atoms with van der Waals surface area (Å²) >= 11 is 6.62. The zero-order valence-electron chi connectivity index (χ0n) is 21.1. The highest BCUT2D eigenvalue weighted by molar-refractivity contribution is 8.26. The van der Waals surface area contributed by atoms with Gasteiger partial charge in [-0.15, -0.1) is 0 Å². The first kappa shape index (κ1) is 27.0. The summed E-state index contributed by atoms with van der Waals surface area (Å²) in [5.74, 6) is -0.152. The summed E-state index contributed by atoms with van der Waals surface area (Å²) in [6.07, 6.45) is 10.2. The number of thioether (sulfide) groups is 1. The molecule has 6 nitrogen and oxygen atoms in total. The Kier molecular flexibility index (Phi) is 9.10. The molecule has 0 radical (unpaired) electrons. The van der Waals surface area contributed by atoms with E-state index in [2.05, 4.69) is 12.2 Å². The molecule has 1 amide bonds. The predicted octanol–water partition coefficient (Wildman–Crippen LogP) is 6.32. The number of aryl methyl sites for hydroxylation is 1. The van der Waals surface area contributed by atoms with Crippen molar-refractivity contribution in [2.24, 2.45) is 0 Å². The van der Waals surface area contributed by atoms with Crippen molar-refractivity contribution in [3.8, 4) is 0 Å². The van der Waals surface area contributed by atoms with E-state index in [9.17, 15) is 14.0 Å². The average molecular weight is 539 g/mol. The predicted molar refractivity (Wildman–Crippen MR) is 153 cm³/mol. The van der Waals surface area contributed by atoms with Crippen molar-refractivity contribution in [3.63, 3.8) is 0 Å². The molecule has 0 saturated carbocycles. The average Bonchev–Trinajstić information content (AvgIpc) is 3.14. The van der Waals surface area contributed by atoms with Crippen LogP contribution in [0, 0.1) is 12.7 Å². The fourth-order valence-electron chi connectivity index (χ4n) is 4.23. The Bertz CT molecular complexity index is 1390. The van der Waals surface area contributed by atoms with Gasteiger partial charge in [0.15, 0.2) is 0 Å².